The van der Waals surface area contributed by atoms with Crippen LogP contribution >= 0.6 is 0 Å². The first-order chi connectivity index (χ1) is 17.8. The van der Waals surface area contributed by atoms with E-state index in [9.17, 15) is 18.8 Å². The molecule has 3 aromatic rings. The van der Waals surface area contributed by atoms with E-state index < -0.39 is 23.3 Å². The van der Waals surface area contributed by atoms with E-state index in [1.54, 1.807) is 20.0 Å². The second kappa shape index (κ2) is 11.6. The van der Waals surface area contributed by atoms with Gasteiger partial charge in [-0.3, -0.25) is 19.3 Å². The second-order valence-electron chi connectivity index (χ2n) is 9.34. The van der Waals surface area contributed by atoms with Crippen molar-refractivity contribution in [1.82, 2.24) is 14.8 Å². The van der Waals surface area contributed by atoms with Gasteiger partial charge < -0.3 is 10.6 Å². The largest absolute Gasteiger partial charge is 0.320 e. The molecule has 8 heteroatoms. The number of carbonyl (C=O) groups excluding carboxylic acids is 2. The van der Waals surface area contributed by atoms with Gasteiger partial charge in [0.25, 0.3) is 5.56 Å². The molecule has 4 rings (SSSR count). The molecular formula is C29H33FN4O3. The molecule has 2 atom stereocenters. The van der Waals surface area contributed by atoms with Gasteiger partial charge in [-0.2, -0.15) is 0 Å². The topological polar surface area (TPSA) is 83.4 Å². The number of carbonyl (C=O) groups is 2. The summed E-state index contributed by atoms with van der Waals surface area (Å²) in [5.74, 6) is -1.21. The van der Waals surface area contributed by atoms with E-state index >= 15 is 0 Å². The van der Waals surface area contributed by atoms with Gasteiger partial charge in [0.05, 0.1) is 18.3 Å². The summed E-state index contributed by atoms with van der Waals surface area (Å²) in [5.41, 5.74) is 2.77. The number of halogens is 1. The van der Waals surface area contributed by atoms with Gasteiger partial charge >= 0.3 is 0 Å². The number of likely N-dealkylation sites (N-methyl/N-ethyl adjacent to an activating group) is 2. The predicted molar refractivity (Wildman–Crippen MR) is 143 cm³/mol. The smallest absolute Gasteiger partial charge is 0.281 e. The van der Waals surface area contributed by atoms with Crippen LogP contribution in [0.5, 0.6) is 0 Å². The normalized spacial score (nSPS) is 15.8. The first-order valence-corrected chi connectivity index (χ1v) is 12.7. The Labute approximate surface area is 216 Å². The maximum atomic E-state index is 13.8. The highest BCUT2D eigenvalue weighted by Gasteiger charge is 2.28. The van der Waals surface area contributed by atoms with Crippen LogP contribution in [0.2, 0.25) is 0 Å². The van der Waals surface area contributed by atoms with E-state index in [2.05, 4.69) is 27.7 Å². The van der Waals surface area contributed by atoms with Gasteiger partial charge in [-0.25, -0.2) is 8.96 Å². The third kappa shape index (κ3) is 5.70. The summed E-state index contributed by atoms with van der Waals surface area (Å²) in [6.45, 7) is 4.33. The standard InChI is InChI=1S/C29H33FN4O3/c1-4-33(26-11-7-9-20-8-5-6-10-23(20)26)18-27(35)34-25(21-12-14-22(30)15-13-21)17-16-24(29(34)37)32-28(36)19(2)31-3/h5-6,8,10,12-17,19,26,31H,4,7,9,11,18H2,1-3H3,(H,32,36). The lowest BCUT2D eigenvalue weighted by molar-refractivity contribution is -0.117. The number of hydrogen-bond acceptors (Lipinski definition) is 5. The molecule has 1 amide bonds. The van der Waals surface area contributed by atoms with Crippen LogP contribution < -0.4 is 16.2 Å². The van der Waals surface area contributed by atoms with Gasteiger partial charge in [-0.05, 0) is 92.9 Å². The quantitative estimate of drug-likeness (QED) is 0.480. The van der Waals surface area contributed by atoms with E-state index in [-0.39, 0.29) is 24.2 Å². The fraction of sp³-hybridized carbons (Fsp3) is 0.345. The summed E-state index contributed by atoms with van der Waals surface area (Å²) in [7, 11) is 1.65. The van der Waals surface area contributed by atoms with Gasteiger partial charge in [0, 0.05) is 6.04 Å². The summed E-state index contributed by atoms with van der Waals surface area (Å²) in [6.07, 6.45) is 2.97. The SMILES string of the molecule is CCN(CC(=O)n1c(-c2ccc(F)cc2)ccc(NC(=O)C(C)NC)c1=O)C1CCCc2ccccc21. The van der Waals surface area contributed by atoms with E-state index in [0.29, 0.717) is 17.8 Å². The molecule has 0 saturated carbocycles. The molecule has 194 valence electrons. The van der Waals surface area contributed by atoms with E-state index in [0.717, 1.165) is 23.8 Å². The van der Waals surface area contributed by atoms with Crippen molar-refractivity contribution in [3.05, 3.63) is 88.0 Å². The Kier molecular flexibility index (Phi) is 8.31. The van der Waals surface area contributed by atoms with Gasteiger partial charge in [0.2, 0.25) is 11.8 Å². The van der Waals surface area contributed by atoms with Crippen LogP contribution in [0.1, 0.15) is 48.7 Å². The summed E-state index contributed by atoms with van der Waals surface area (Å²) in [6, 6.07) is 16.6. The summed E-state index contributed by atoms with van der Waals surface area (Å²) >= 11 is 0. The number of nitrogens with zero attached hydrogens (tertiary/aromatic N) is 2. The molecule has 2 N–H and O–H groups in total. The van der Waals surface area contributed by atoms with Crippen molar-refractivity contribution < 1.29 is 14.0 Å². The Morgan fingerprint density at radius 1 is 1.11 bits per heavy atom. The number of aromatic nitrogens is 1. The third-order valence-corrected chi connectivity index (χ3v) is 7.08. The van der Waals surface area contributed by atoms with Crippen LogP contribution in [0, 0.1) is 5.82 Å². The third-order valence-electron chi connectivity index (χ3n) is 7.08. The monoisotopic (exact) mass is 504 g/mol. The van der Waals surface area contributed by atoms with Crippen LogP contribution in [-0.2, 0) is 11.2 Å². The Bertz CT molecular complexity index is 1340. The number of amides is 1. The number of nitrogens with one attached hydrogen (secondary N) is 2. The number of benzene rings is 2. The molecule has 37 heavy (non-hydrogen) atoms. The molecule has 0 aliphatic heterocycles. The van der Waals surface area contributed by atoms with Crippen LogP contribution in [0.3, 0.4) is 0 Å². The molecule has 7 nitrogen and oxygen atoms in total. The summed E-state index contributed by atoms with van der Waals surface area (Å²) < 4.78 is 14.7. The second-order valence-corrected chi connectivity index (χ2v) is 9.34. The molecule has 0 spiro atoms. The molecule has 1 heterocycles. The number of hydrogen-bond donors (Lipinski definition) is 2. The number of aryl methyl sites for hydroxylation is 1. The Morgan fingerprint density at radius 2 is 1.84 bits per heavy atom. The van der Waals surface area contributed by atoms with Crippen LogP contribution in [-0.4, -0.2) is 47.5 Å². The van der Waals surface area contributed by atoms with Crippen molar-refractivity contribution in [2.75, 3.05) is 25.5 Å². The van der Waals surface area contributed by atoms with Crippen molar-refractivity contribution >= 4 is 17.5 Å². The lowest BCUT2D eigenvalue weighted by Crippen LogP contribution is -2.42. The molecule has 0 fully saturated rings. The molecule has 1 aromatic heterocycles. The Hall–Kier alpha value is -3.62. The highest BCUT2D eigenvalue weighted by atomic mass is 19.1. The Morgan fingerprint density at radius 3 is 2.54 bits per heavy atom. The molecular weight excluding hydrogens is 471 g/mol. The lowest BCUT2D eigenvalue weighted by Gasteiger charge is -2.35. The minimum Gasteiger partial charge on any atom is -0.320 e. The van der Waals surface area contributed by atoms with Gasteiger partial charge in [0.1, 0.15) is 11.5 Å². The highest BCUT2D eigenvalue weighted by molar-refractivity contribution is 5.95. The lowest BCUT2D eigenvalue weighted by atomic mass is 9.87. The van der Waals surface area contributed by atoms with E-state index in [1.165, 1.54) is 41.5 Å². The van der Waals surface area contributed by atoms with Crippen LogP contribution in [0.25, 0.3) is 11.3 Å². The summed E-state index contributed by atoms with van der Waals surface area (Å²) in [5, 5.41) is 5.46. The maximum absolute atomic E-state index is 13.8. The Balaban J connectivity index is 1.72. The minimum absolute atomic E-state index is 0.0115. The maximum Gasteiger partial charge on any atom is 0.281 e. The molecule has 0 radical (unpaired) electrons. The average molecular weight is 505 g/mol. The first-order valence-electron chi connectivity index (χ1n) is 12.7. The predicted octanol–water partition coefficient (Wildman–Crippen LogP) is 4.24. The van der Waals surface area contributed by atoms with Crippen molar-refractivity contribution in [2.24, 2.45) is 0 Å². The van der Waals surface area contributed by atoms with Gasteiger partial charge in [-0.15, -0.1) is 0 Å². The van der Waals surface area contributed by atoms with Crippen molar-refractivity contribution in [3.8, 4) is 11.3 Å². The van der Waals surface area contributed by atoms with E-state index in [1.807, 2.05) is 19.1 Å². The zero-order valence-electron chi connectivity index (χ0n) is 21.5. The fourth-order valence-corrected chi connectivity index (χ4v) is 4.89. The molecule has 0 saturated heterocycles. The minimum atomic E-state index is -0.622. The van der Waals surface area contributed by atoms with Crippen molar-refractivity contribution in [2.45, 2.75) is 45.2 Å². The number of anilines is 1. The molecule has 1 aliphatic carbocycles. The van der Waals surface area contributed by atoms with Crippen molar-refractivity contribution in [1.29, 1.82) is 0 Å². The number of pyridine rings is 1. The number of rotatable bonds is 8. The summed E-state index contributed by atoms with van der Waals surface area (Å²) in [4.78, 5) is 41.9. The molecule has 2 aromatic carbocycles. The first kappa shape index (κ1) is 26.4. The van der Waals surface area contributed by atoms with Crippen LogP contribution in [0.15, 0.2) is 65.5 Å². The highest BCUT2D eigenvalue weighted by Crippen LogP contribution is 2.34. The molecule has 0 bridgehead atoms. The van der Waals surface area contributed by atoms with Gasteiger partial charge in [0.15, 0.2) is 0 Å². The van der Waals surface area contributed by atoms with Crippen LogP contribution in [0.4, 0.5) is 10.1 Å². The molecule has 1 aliphatic rings. The van der Waals surface area contributed by atoms with E-state index in [4.69, 9.17) is 0 Å². The molecule has 2 unspecified atom stereocenters. The number of fused-ring (bicyclic) bond motifs is 1. The fourth-order valence-electron chi connectivity index (χ4n) is 4.89. The zero-order valence-corrected chi connectivity index (χ0v) is 21.5. The average Bonchev–Trinajstić information content (AvgIpc) is 2.92. The van der Waals surface area contributed by atoms with Crippen molar-refractivity contribution in [3.63, 3.8) is 0 Å². The van der Waals surface area contributed by atoms with Gasteiger partial charge in [-0.1, -0.05) is 31.2 Å². The zero-order chi connectivity index (χ0) is 26.5.